The summed E-state index contributed by atoms with van der Waals surface area (Å²) in [4.78, 5) is 2.38. The molecule has 0 saturated carbocycles. The van der Waals surface area contributed by atoms with Crippen molar-refractivity contribution in [3.05, 3.63) is 23.8 Å². The molecular weight excluding hydrogens is 304 g/mol. The van der Waals surface area contributed by atoms with Crippen LogP contribution >= 0.6 is 12.4 Å². The van der Waals surface area contributed by atoms with Gasteiger partial charge in [-0.2, -0.15) is 0 Å². The smallest absolute Gasteiger partial charge is 0.161 e. The number of nitrogens with two attached hydrogens (primary N) is 1. The number of hydrogen-bond acceptors (Lipinski definition) is 5. The van der Waals surface area contributed by atoms with Crippen LogP contribution in [0.15, 0.2) is 18.2 Å². The summed E-state index contributed by atoms with van der Waals surface area (Å²) in [6, 6.07) is 6.36. The van der Waals surface area contributed by atoms with Crippen LogP contribution in [0.5, 0.6) is 11.5 Å². The first-order valence-electron chi connectivity index (χ1n) is 7.40. The molecule has 2 N–H and O–H groups in total. The van der Waals surface area contributed by atoms with Gasteiger partial charge in [0.2, 0.25) is 0 Å². The van der Waals surface area contributed by atoms with Crippen molar-refractivity contribution in [1.29, 1.82) is 0 Å². The molecule has 2 atom stereocenters. The van der Waals surface area contributed by atoms with Crippen LogP contribution in [0.2, 0.25) is 0 Å². The Morgan fingerprint density at radius 1 is 1.18 bits per heavy atom. The van der Waals surface area contributed by atoms with Gasteiger partial charge >= 0.3 is 0 Å². The molecule has 1 aromatic carbocycles. The largest absolute Gasteiger partial charge is 0.493 e. The molecule has 0 amide bonds. The standard InChI is InChI=1S/C16H26N2O3.ClH/c1-12-9-18(11-14(12)17)10-13-4-5-15(16(8-13)20-3)21-7-6-19-2;/h4-5,8,12,14H,6-7,9-11,17H2,1-3H3;1H. The molecule has 0 aromatic heterocycles. The molecule has 1 aromatic rings. The maximum atomic E-state index is 6.07. The first-order chi connectivity index (χ1) is 10.1. The Morgan fingerprint density at radius 2 is 1.95 bits per heavy atom. The average Bonchev–Trinajstić information content (AvgIpc) is 2.78. The van der Waals surface area contributed by atoms with E-state index in [1.54, 1.807) is 14.2 Å². The number of hydrogen-bond donors (Lipinski definition) is 1. The van der Waals surface area contributed by atoms with E-state index in [0.717, 1.165) is 31.1 Å². The number of halogens is 1. The van der Waals surface area contributed by atoms with Gasteiger partial charge in [-0.05, 0) is 23.6 Å². The molecule has 22 heavy (non-hydrogen) atoms. The van der Waals surface area contributed by atoms with Gasteiger partial charge in [-0.3, -0.25) is 4.90 Å². The van der Waals surface area contributed by atoms with E-state index in [-0.39, 0.29) is 18.4 Å². The van der Waals surface area contributed by atoms with Crippen molar-refractivity contribution in [2.75, 3.05) is 40.5 Å². The lowest BCUT2D eigenvalue weighted by Crippen LogP contribution is -2.28. The highest BCUT2D eigenvalue weighted by Crippen LogP contribution is 2.29. The van der Waals surface area contributed by atoms with Gasteiger partial charge in [0, 0.05) is 32.8 Å². The lowest BCUT2D eigenvalue weighted by atomic mass is 10.1. The first kappa shape index (κ1) is 19.0. The van der Waals surface area contributed by atoms with Crippen molar-refractivity contribution in [1.82, 2.24) is 4.90 Å². The van der Waals surface area contributed by atoms with Gasteiger partial charge in [0.1, 0.15) is 6.61 Å². The van der Waals surface area contributed by atoms with E-state index in [1.807, 2.05) is 12.1 Å². The zero-order chi connectivity index (χ0) is 15.2. The summed E-state index contributed by atoms with van der Waals surface area (Å²) < 4.78 is 16.0. The summed E-state index contributed by atoms with van der Waals surface area (Å²) in [5, 5.41) is 0. The van der Waals surface area contributed by atoms with Gasteiger partial charge in [-0.25, -0.2) is 0 Å². The van der Waals surface area contributed by atoms with E-state index in [9.17, 15) is 0 Å². The molecule has 0 radical (unpaired) electrons. The molecule has 1 saturated heterocycles. The van der Waals surface area contributed by atoms with E-state index >= 15 is 0 Å². The van der Waals surface area contributed by atoms with Crippen LogP contribution in [0.4, 0.5) is 0 Å². The van der Waals surface area contributed by atoms with Crippen LogP contribution in [0.1, 0.15) is 12.5 Å². The Hall–Kier alpha value is -1.01. The average molecular weight is 331 g/mol. The summed E-state index contributed by atoms with van der Waals surface area (Å²) in [7, 11) is 3.32. The number of rotatable bonds is 7. The van der Waals surface area contributed by atoms with Crippen molar-refractivity contribution in [2.45, 2.75) is 19.5 Å². The molecule has 0 bridgehead atoms. The molecule has 0 aliphatic carbocycles. The van der Waals surface area contributed by atoms with Crippen LogP contribution in [-0.2, 0) is 11.3 Å². The summed E-state index contributed by atoms with van der Waals surface area (Å²) in [5.74, 6) is 2.08. The second-order valence-corrected chi connectivity index (χ2v) is 5.66. The lowest BCUT2D eigenvalue weighted by molar-refractivity contribution is 0.144. The quantitative estimate of drug-likeness (QED) is 0.774. The zero-order valence-corrected chi connectivity index (χ0v) is 14.4. The molecule has 2 rings (SSSR count). The Bertz CT molecular complexity index is 449. The monoisotopic (exact) mass is 330 g/mol. The van der Waals surface area contributed by atoms with Crippen LogP contribution in [-0.4, -0.2) is 51.5 Å². The van der Waals surface area contributed by atoms with Crippen LogP contribution in [0, 0.1) is 5.92 Å². The van der Waals surface area contributed by atoms with Gasteiger partial charge < -0.3 is 19.9 Å². The minimum Gasteiger partial charge on any atom is -0.493 e. The predicted octanol–water partition coefficient (Wildman–Crippen LogP) is 1.92. The van der Waals surface area contributed by atoms with Crippen molar-refractivity contribution in [2.24, 2.45) is 11.7 Å². The zero-order valence-electron chi connectivity index (χ0n) is 13.6. The van der Waals surface area contributed by atoms with E-state index < -0.39 is 0 Å². The van der Waals surface area contributed by atoms with Crippen molar-refractivity contribution < 1.29 is 14.2 Å². The highest BCUT2D eigenvalue weighted by molar-refractivity contribution is 5.85. The molecule has 126 valence electrons. The number of benzene rings is 1. The van der Waals surface area contributed by atoms with Crippen molar-refractivity contribution in [3.8, 4) is 11.5 Å². The topological polar surface area (TPSA) is 57.0 Å². The van der Waals surface area contributed by atoms with Crippen molar-refractivity contribution >= 4 is 12.4 Å². The predicted molar refractivity (Wildman–Crippen MR) is 90.0 cm³/mol. The fraction of sp³-hybridized carbons (Fsp3) is 0.625. The fourth-order valence-corrected chi connectivity index (χ4v) is 2.65. The van der Waals surface area contributed by atoms with Crippen LogP contribution < -0.4 is 15.2 Å². The third kappa shape index (κ3) is 5.02. The minimum atomic E-state index is 0. The molecular formula is C16H27ClN2O3. The second kappa shape index (κ2) is 9.20. The molecule has 1 fully saturated rings. The van der Waals surface area contributed by atoms with E-state index in [0.29, 0.717) is 19.1 Å². The Kier molecular flexibility index (Phi) is 7.96. The summed E-state index contributed by atoms with van der Waals surface area (Å²) >= 11 is 0. The third-order valence-electron chi connectivity index (χ3n) is 3.93. The summed E-state index contributed by atoms with van der Waals surface area (Å²) in [6.07, 6.45) is 0. The number of likely N-dealkylation sites (tertiary alicyclic amines) is 1. The van der Waals surface area contributed by atoms with E-state index in [2.05, 4.69) is 17.9 Å². The van der Waals surface area contributed by atoms with Gasteiger partial charge in [0.15, 0.2) is 11.5 Å². The Morgan fingerprint density at radius 3 is 2.55 bits per heavy atom. The van der Waals surface area contributed by atoms with E-state index in [4.69, 9.17) is 19.9 Å². The van der Waals surface area contributed by atoms with Crippen molar-refractivity contribution in [3.63, 3.8) is 0 Å². The van der Waals surface area contributed by atoms with Gasteiger partial charge in [0.05, 0.1) is 13.7 Å². The molecule has 1 heterocycles. The molecule has 2 unspecified atom stereocenters. The van der Waals surface area contributed by atoms with Gasteiger partial charge in [0.25, 0.3) is 0 Å². The van der Waals surface area contributed by atoms with Crippen LogP contribution in [0.3, 0.4) is 0 Å². The minimum absolute atomic E-state index is 0. The SMILES string of the molecule is COCCOc1ccc(CN2CC(C)C(N)C2)cc1OC.Cl. The first-order valence-corrected chi connectivity index (χ1v) is 7.40. The third-order valence-corrected chi connectivity index (χ3v) is 3.93. The highest BCUT2D eigenvalue weighted by atomic mass is 35.5. The van der Waals surface area contributed by atoms with E-state index in [1.165, 1.54) is 5.56 Å². The fourth-order valence-electron chi connectivity index (χ4n) is 2.65. The number of ether oxygens (including phenoxy) is 3. The second-order valence-electron chi connectivity index (χ2n) is 5.66. The van der Waals surface area contributed by atoms with Gasteiger partial charge in [-0.1, -0.05) is 13.0 Å². The summed E-state index contributed by atoms with van der Waals surface area (Å²) in [5.41, 5.74) is 7.29. The molecule has 0 spiro atoms. The van der Waals surface area contributed by atoms with Gasteiger partial charge in [-0.15, -0.1) is 12.4 Å². The maximum absolute atomic E-state index is 6.07. The maximum Gasteiger partial charge on any atom is 0.161 e. The lowest BCUT2D eigenvalue weighted by Gasteiger charge is -2.17. The van der Waals surface area contributed by atoms with Crippen LogP contribution in [0.25, 0.3) is 0 Å². The summed E-state index contributed by atoms with van der Waals surface area (Å²) in [6.45, 7) is 6.19. The molecule has 1 aliphatic rings. The highest BCUT2D eigenvalue weighted by Gasteiger charge is 2.26. The Balaban J connectivity index is 0.00000242. The molecule has 5 nitrogen and oxygen atoms in total. The normalized spacial score (nSPS) is 21.5. The number of methoxy groups -OCH3 is 2. The Labute approximate surface area is 139 Å². The molecule has 6 heteroatoms. The molecule has 1 aliphatic heterocycles. The number of nitrogens with zero attached hydrogens (tertiary/aromatic N) is 1.